The second-order valence-corrected chi connectivity index (χ2v) is 9.92. The number of hydrogen-bond acceptors (Lipinski definition) is 5. The van der Waals surface area contributed by atoms with Crippen LogP contribution in [0.1, 0.15) is 28.1 Å². The molecule has 0 radical (unpaired) electrons. The van der Waals surface area contributed by atoms with E-state index in [9.17, 15) is 0 Å². The summed E-state index contributed by atoms with van der Waals surface area (Å²) < 4.78 is 24.3. The van der Waals surface area contributed by atoms with Gasteiger partial charge in [-0.25, -0.2) is 10.0 Å². The van der Waals surface area contributed by atoms with Gasteiger partial charge in [-0.1, -0.05) is 50.2 Å². The van der Waals surface area contributed by atoms with Crippen molar-refractivity contribution in [2.75, 3.05) is 17.1 Å². The van der Waals surface area contributed by atoms with Crippen LogP contribution in [0.25, 0.3) is 27.6 Å². The quantitative estimate of drug-likeness (QED) is 0.231. The van der Waals surface area contributed by atoms with Crippen LogP contribution in [0.3, 0.4) is 0 Å². The SMILES string of the molecule is [2H]C([2H])N1ON(c2cccc(Oc3ccc4c5ccccc5n(-c5cc(C(C)C)ccn5)c4c3)c2)c2ccccc21. The molecule has 192 valence electrons. The highest BCUT2D eigenvalue weighted by molar-refractivity contribution is 6.09. The molecule has 1 aliphatic heterocycles. The Morgan fingerprint density at radius 1 is 0.769 bits per heavy atom. The summed E-state index contributed by atoms with van der Waals surface area (Å²) in [6, 6.07) is 33.8. The largest absolute Gasteiger partial charge is 0.457 e. The molecule has 6 heteroatoms. The van der Waals surface area contributed by atoms with Crippen LogP contribution in [0.5, 0.6) is 11.5 Å². The maximum Gasteiger partial charge on any atom is 0.137 e. The van der Waals surface area contributed by atoms with Gasteiger partial charge < -0.3 is 4.74 Å². The van der Waals surface area contributed by atoms with Crippen LogP contribution < -0.4 is 14.9 Å². The Balaban J connectivity index is 1.28. The first kappa shape index (κ1) is 21.2. The third-order valence-corrected chi connectivity index (χ3v) is 7.11. The van der Waals surface area contributed by atoms with Gasteiger partial charge in [-0.05, 0) is 66.1 Å². The molecule has 0 fully saturated rings. The van der Waals surface area contributed by atoms with E-state index in [1.807, 2.05) is 60.8 Å². The molecule has 2 aromatic heterocycles. The minimum absolute atomic E-state index is 0.391. The van der Waals surface area contributed by atoms with Gasteiger partial charge in [0.25, 0.3) is 0 Å². The van der Waals surface area contributed by atoms with E-state index in [0.717, 1.165) is 39.0 Å². The molecule has 0 saturated carbocycles. The number of benzene rings is 4. The van der Waals surface area contributed by atoms with E-state index in [4.69, 9.17) is 17.4 Å². The van der Waals surface area contributed by atoms with Gasteiger partial charge in [-0.2, -0.15) is 5.06 Å². The summed E-state index contributed by atoms with van der Waals surface area (Å²) >= 11 is 0. The third kappa shape index (κ3) is 3.97. The van der Waals surface area contributed by atoms with Crippen molar-refractivity contribution >= 4 is 38.9 Å². The fourth-order valence-corrected chi connectivity index (χ4v) is 5.17. The Labute approximate surface area is 230 Å². The lowest BCUT2D eigenvalue weighted by Gasteiger charge is -2.18. The highest BCUT2D eigenvalue weighted by atomic mass is 16.8. The van der Waals surface area contributed by atoms with Crippen LogP contribution in [-0.4, -0.2) is 16.6 Å². The Hall–Kier alpha value is -4.81. The van der Waals surface area contributed by atoms with E-state index >= 15 is 0 Å². The molecule has 3 heterocycles. The lowest BCUT2D eigenvalue weighted by molar-refractivity contribution is 0.142. The molecule has 6 nitrogen and oxygen atoms in total. The summed E-state index contributed by atoms with van der Waals surface area (Å²) in [6.07, 6.45) is 1.88. The van der Waals surface area contributed by atoms with Crippen LogP contribution >= 0.6 is 0 Å². The van der Waals surface area contributed by atoms with Gasteiger partial charge in [0, 0.05) is 38.8 Å². The van der Waals surface area contributed by atoms with E-state index in [1.165, 1.54) is 10.6 Å². The van der Waals surface area contributed by atoms with Gasteiger partial charge in [0.05, 0.1) is 28.1 Å². The second-order valence-electron chi connectivity index (χ2n) is 9.92. The van der Waals surface area contributed by atoms with E-state index in [0.29, 0.717) is 23.1 Å². The average molecular weight is 515 g/mol. The van der Waals surface area contributed by atoms with E-state index in [2.05, 4.69) is 66.9 Å². The number of nitrogens with zero attached hydrogens (tertiary/aromatic N) is 4. The highest BCUT2D eigenvalue weighted by Gasteiger charge is 2.26. The van der Waals surface area contributed by atoms with E-state index in [-0.39, 0.29) is 0 Å². The smallest absolute Gasteiger partial charge is 0.137 e. The number of fused-ring (bicyclic) bond motifs is 4. The van der Waals surface area contributed by atoms with Crippen molar-refractivity contribution < 1.29 is 12.4 Å². The van der Waals surface area contributed by atoms with Gasteiger partial charge in [0.15, 0.2) is 0 Å². The molecule has 39 heavy (non-hydrogen) atoms. The van der Waals surface area contributed by atoms with Gasteiger partial charge in [-0.15, -0.1) is 4.94 Å². The van der Waals surface area contributed by atoms with Crippen LogP contribution in [-0.2, 0) is 4.94 Å². The number of anilines is 3. The Kier molecular flexibility index (Phi) is 4.98. The van der Waals surface area contributed by atoms with Gasteiger partial charge in [0.1, 0.15) is 17.3 Å². The monoisotopic (exact) mass is 514 g/mol. The van der Waals surface area contributed by atoms with Crippen molar-refractivity contribution in [3.63, 3.8) is 0 Å². The van der Waals surface area contributed by atoms with Crippen LogP contribution in [0.2, 0.25) is 0 Å². The first-order valence-corrected chi connectivity index (χ1v) is 13.0. The van der Waals surface area contributed by atoms with Crippen molar-refractivity contribution in [1.82, 2.24) is 9.55 Å². The van der Waals surface area contributed by atoms with Gasteiger partial charge in [0.2, 0.25) is 0 Å². The van der Waals surface area contributed by atoms with E-state index < -0.39 is 7.00 Å². The first-order chi connectivity index (χ1) is 20.0. The van der Waals surface area contributed by atoms with Crippen molar-refractivity contribution in [3.05, 3.63) is 115 Å². The van der Waals surface area contributed by atoms with Crippen LogP contribution in [0.4, 0.5) is 17.1 Å². The second kappa shape index (κ2) is 9.19. The molecule has 0 saturated heterocycles. The minimum atomic E-state index is -1.31. The number of ether oxygens (including phenoxy) is 1. The number of aromatic nitrogens is 2. The average Bonchev–Trinajstić information content (AvgIpc) is 3.54. The lowest BCUT2D eigenvalue weighted by atomic mass is 10.1. The van der Waals surface area contributed by atoms with Gasteiger partial charge >= 0.3 is 0 Å². The van der Waals surface area contributed by atoms with Crippen molar-refractivity contribution in [3.8, 4) is 17.3 Å². The molecule has 0 spiro atoms. The topological polar surface area (TPSA) is 42.8 Å². The summed E-state index contributed by atoms with van der Waals surface area (Å²) in [4.78, 5) is 10.6. The fraction of sp³-hybridized carbons (Fsp3) is 0.121. The number of rotatable bonds is 5. The molecule has 7 rings (SSSR count). The van der Waals surface area contributed by atoms with Crippen LogP contribution in [0, 0.1) is 0 Å². The summed E-state index contributed by atoms with van der Waals surface area (Å²) in [6.45, 7) is 3.06. The minimum Gasteiger partial charge on any atom is -0.457 e. The molecular weight excluding hydrogens is 484 g/mol. The van der Waals surface area contributed by atoms with Crippen molar-refractivity contribution in [2.45, 2.75) is 19.8 Å². The fourth-order valence-electron chi connectivity index (χ4n) is 5.17. The zero-order valence-electron chi connectivity index (χ0n) is 23.7. The number of hydrogen-bond donors (Lipinski definition) is 0. The molecule has 0 unspecified atom stereocenters. The molecule has 0 bridgehead atoms. The molecule has 0 N–H and O–H groups in total. The lowest BCUT2D eigenvalue weighted by Crippen LogP contribution is -2.20. The Bertz CT molecular complexity index is 1900. The molecule has 4 aromatic carbocycles. The highest BCUT2D eigenvalue weighted by Crippen LogP contribution is 2.42. The number of hydroxylamine groups is 1. The summed E-state index contributed by atoms with van der Waals surface area (Å²) in [7, 11) is 0. The maximum absolute atomic E-state index is 7.88. The summed E-state index contributed by atoms with van der Waals surface area (Å²) in [5, 5.41) is 5.16. The predicted octanol–water partition coefficient (Wildman–Crippen LogP) is 8.53. The summed E-state index contributed by atoms with van der Waals surface area (Å²) in [5.74, 6) is 2.60. The molecule has 1 aliphatic rings. The normalized spacial score (nSPS) is 13.8. The van der Waals surface area contributed by atoms with Gasteiger partial charge in [-0.3, -0.25) is 4.57 Å². The van der Waals surface area contributed by atoms with Crippen LogP contribution in [0.15, 0.2) is 109 Å². The third-order valence-electron chi connectivity index (χ3n) is 7.11. The molecule has 0 amide bonds. The zero-order valence-corrected chi connectivity index (χ0v) is 21.7. The standard InChI is InChI=1S/C33H28N4O2/c1-22(2)23-17-18-34-33(19-23)36-29-12-5-4-11-27(29)28-16-15-26(21-32(28)36)38-25-10-8-9-24(20-25)37-31-14-7-6-13-30(31)35(3)39-37/h4-22H,1-3H3/i3D2. The molecule has 0 atom stereocenters. The number of pyridine rings is 1. The van der Waals surface area contributed by atoms with Crippen molar-refractivity contribution in [1.29, 1.82) is 0 Å². The zero-order chi connectivity index (χ0) is 28.1. The van der Waals surface area contributed by atoms with Crippen molar-refractivity contribution in [2.24, 2.45) is 0 Å². The molecule has 6 aromatic rings. The van der Waals surface area contributed by atoms with E-state index in [1.54, 1.807) is 5.06 Å². The maximum atomic E-state index is 7.88. The first-order valence-electron chi connectivity index (χ1n) is 14.1. The predicted molar refractivity (Wildman–Crippen MR) is 157 cm³/mol. The Morgan fingerprint density at radius 3 is 2.44 bits per heavy atom. The molecular formula is C33H28N4O2. The number of para-hydroxylation sites is 3. The molecule has 0 aliphatic carbocycles. The Morgan fingerprint density at radius 2 is 1.56 bits per heavy atom. The summed E-state index contributed by atoms with van der Waals surface area (Å²) in [5.41, 5.74) is 5.49.